The second-order valence-corrected chi connectivity index (χ2v) is 6.68. The highest BCUT2D eigenvalue weighted by molar-refractivity contribution is 7.16. The summed E-state index contributed by atoms with van der Waals surface area (Å²) >= 11 is 0.342. The van der Waals surface area contributed by atoms with Gasteiger partial charge in [0, 0.05) is 0 Å². The first kappa shape index (κ1) is 21.0. The molecule has 0 unspecified atom stereocenters. The number of thiophene rings is 1. The summed E-state index contributed by atoms with van der Waals surface area (Å²) in [6, 6.07) is 6.41. The zero-order valence-corrected chi connectivity index (χ0v) is 15.6. The number of halogens is 3. The van der Waals surface area contributed by atoms with E-state index in [1.54, 1.807) is 0 Å². The number of anilines is 1. The van der Waals surface area contributed by atoms with Crippen molar-refractivity contribution in [1.82, 2.24) is 5.06 Å². The molecule has 30 heavy (non-hydrogen) atoms. The molecule has 0 saturated heterocycles. The number of alkyl halides is 3. The molecule has 3 rings (SSSR count). The van der Waals surface area contributed by atoms with E-state index < -0.39 is 51.3 Å². The standard InChI is InChI=1S/C17H9F3N2O7S/c1-28-15(26)11-9(21-16(27)17(18,19)20)6-10(30-11)14(25)29-22-12(23)7-4-2-3-5-8(7)13(22)24/h2-6H,1H3,(H,21,27). The van der Waals surface area contributed by atoms with Gasteiger partial charge in [0.2, 0.25) is 0 Å². The molecule has 13 heteroatoms. The fraction of sp³-hybridized carbons (Fsp3) is 0.118. The summed E-state index contributed by atoms with van der Waals surface area (Å²) in [6.07, 6.45) is -5.25. The Kier molecular flexibility index (Phi) is 5.31. The molecule has 1 aromatic carbocycles. The summed E-state index contributed by atoms with van der Waals surface area (Å²) in [4.78, 5) is 63.6. The predicted octanol–water partition coefficient (Wildman–Crippen LogP) is 2.40. The van der Waals surface area contributed by atoms with Crippen LogP contribution in [0.2, 0.25) is 0 Å². The lowest BCUT2D eigenvalue weighted by atomic mass is 10.1. The predicted molar refractivity (Wildman–Crippen MR) is 92.7 cm³/mol. The monoisotopic (exact) mass is 442 g/mol. The van der Waals surface area contributed by atoms with Crippen LogP contribution in [0.25, 0.3) is 0 Å². The van der Waals surface area contributed by atoms with E-state index in [9.17, 15) is 37.1 Å². The average Bonchev–Trinajstić information content (AvgIpc) is 3.22. The first-order valence-electron chi connectivity index (χ1n) is 7.85. The number of carbonyl (C=O) groups is 5. The van der Waals surface area contributed by atoms with Crippen LogP contribution in [0.5, 0.6) is 0 Å². The number of ether oxygens (including phenoxy) is 1. The summed E-state index contributed by atoms with van der Waals surface area (Å²) < 4.78 is 41.9. The number of carbonyl (C=O) groups excluding carboxylic acids is 5. The van der Waals surface area contributed by atoms with Gasteiger partial charge in [-0.3, -0.25) is 14.4 Å². The number of amides is 3. The number of nitrogens with zero attached hydrogens (tertiary/aromatic N) is 1. The summed E-state index contributed by atoms with van der Waals surface area (Å²) in [7, 11) is 0.939. The van der Waals surface area contributed by atoms with Gasteiger partial charge in [-0.1, -0.05) is 17.2 Å². The van der Waals surface area contributed by atoms with E-state index >= 15 is 0 Å². The summed E-state index contributed by atoms with van der Waals surface area (Å²) in [5.41, 5.74) is -0.659. The van der Waals surface area contributed by atoms with Gasteiger partial charge < -0.3 is 14.9 Å². The Hall–Kier alpha value is -3.74. The minimum atomic E-state index is -5.25. The van der Waals surface area contributed by atoms with Gasteiger partial charge in [-0.15, -0.1) is 11.3 Å². The Bertz CT molecular complexity index is 1060. The number of fused-ring (bicyclic) bond motifs is 1. The smallest absolute Gasteiger partial charge is 0.465 e. The van der Waals surface area contributed by atoms with Gasteiger partial charge in [0.1, 0.15) is 9.75 Å². The summed E-state index contributed by atoms with van der Waals surface area (Å²) in [5, 5.41) is 1.65. The van der Waals surface area contributed by atoms with Gasteiger partial charge in [0.25, 0.3) is 11.8 Å². The SMILES string of the molecule is COC(=O)c1sc(C(=O)ON2C(=O)c3ccccc3C2=O)cc1NC(=O)C(F)(F)F. The lowest BCUT2D eigenvalue weighted by molar-refractivity contribution is -0.167. The fourth-order valence-corrected chi connectivity index (χ4v) is 3.30. The number of esters is 1. The molecule has 0 bridgehead atoms. The molecule has 1 aliphatic rings. The van der Waals surface area contributed by atoms with E-state index in [2.05, 4.69) is 4.74 Å². The quantitative estimate of drug-likeness (QED) is 0.571. The maximum absolute atomic E-state index is 12.5. The molecule has 1 N–H and O–H groups in total. The van der Waals surface area contributed by atoms with Gasteiger partial charge >= 0.3 is 24.0 Å². The molecule has 0 atom stereocenters. The maximum atomic E-state index is 12.5. The number of hydrogen-bond donors (Lipinski definition) is 1. The molecule has 0 saturated carbocycles. The molecule has 2 aromatic rings. The molecule has 2 heterocycles. The molecular formula is C17H9F3N2O7S. The topological polar surface area (TPSA) is 119 Å². The van der Waals surface area contributed by atoms with Crippen molar-refractivity contribution in [2.24, 2.45) is 0 Å². The number of methoxy groups -OCH3 is 1. The highest BCUT2D eigenvalue weighted by Gasteiger charge is 2.41. The normalized spacial score (nSPS) is 13.1. The van der Waals surface area contributed by atoms with E-state index in [1.807, 2.05) is 0 Å². The van der Waals surface area contributed by atoms with Crippen LogP contribution in [0, 0.1) is 0 Å². The van der Waals surface area contributed by atoms with Crippen LogP contribution >= 0.6 is 11.3 Å². The highest BCUT2D eigenvalue weighted by Crippen LogP contribution is 2.31. The van der Waals surface area contributed by atoms with Gasteiger partial charge in [-0.05, 0) is 18.2 Å². The van der Waals surface area contributed by atoms with Gasteiger partial charge in [0.15, 0.2) is 0 Å². The molecule has 0 spiro atoms. The lowest BCUT2D eigenvalue weighted by Gasteiger charge is -2.11. The third-order valence-corrected chi connectivity index (χ3v) is 4.84. The average molecular weight is 442 g/mol. The number of imide groups is 1. The van der Waals surface area contributed by atoms with Crippen molar-refractivity contribution in [1.29, 1.82) is 0 Å². The summed E-state index contributed by atoms with van der Waals surface area (Å²) in [5.74, 6) is -6.66. The third-order valence-electron chi connectivity index (χ3n) is 3.74. The number of benzene rings is 1. The first-order valence-corrected chi connectivity index (χ1v) is 8.66. The second kappa shape index (κ2) is 7.59. The molecule has 0 fully saturated rings. The van der Waals surface area contributed by atoms with E-state index in [-0.39, 0.29) is 16.2 Å². The second-order valence-electron chi connectivity index (χ2n) is 5.63. The molecule has 0 radical (unpaired) electrons. The van der Waals surface area contributed by atoms with Crippen molar-refractivity contribution in [3.63, 3.8) is 0 Å². The van der Waals surface area contributed by atoms with E-state index in [1.165, 1.54) is 29.6 Å². The van der Waals surface area contributed by atoms with E-state index in [0.29, 0.717) is 11.3 Å². The van der Waals surface area contributed by atoms with Crippen LogP contribution in [0.4, 0.5) is 18.9 Å². The molecule has 3 amide bonds. The Labute approximate surface area is 168 Å². The largest absolute Gasteiger partial charge is 0.471 e. The van der Waals surface area contributed by atoms with Gasteiger partial charge in [0.05, 0.1) is 23.9 Å². The van der Waals surface area contributed by atoms with Crippen LogP contribution in [-0.4, -0.2) is 48.0 Å². The molecule has 9 nitrogen and oxygen atoms in total. The first-order chi connectivity index (χ1) is 14.0. The Balaban J connectivity index is 1.86. The molecule has 0 aliphatic carbocycles. The lowest BCUT2D eigenvalue weighted by Crippen LogP contribution is -2.32. The number of nitrogens with one attached hydrogen (secondary N) is 1. The Morgan fingerprint density at radius 2 is 1.60 bits per heavy atom. The minimum Gasteiger partial charge on any atom is -0.465 e. The van der Waals surface area contributed by atoms with Crippen LogP contribution in [0.1, 0.15) is 40.1 Å². The molecule has 156 valence electrons. The number of rotatable bonds is 4. The van der Waals surface area contributed by atoms with Crippen LogP contribution in [0.15, 0.2) is 30.3 Å². The van der Waals surface area contributed by atoms with Crippen molar-refractivity contribution in [2.45, 2.75) is 6.18 Å². The zero-order chi connectivity index (χ0) is 22.2. The van der Waals surface area contributed by atoms with Gasteiger partial charge in [-0.2, -0.15) is 13.2 Å². The number of hydroxylamine groups is 2. The van der Waals surface area contributed by atoms with Crippen molar-refractivity contribution in [3.8, 4) is 0 Å². The third kappa shape index (κ3) is 3.74. The molecule has 1 aromatic heterocycles. The minimum absolute atomic E-state index is 0.00476. The van der Waals surface area contributed by atoms with Crippen LogP contribution in [-0.2, 0) is 14.4 Å². The Morgan fingerprint density at radius 3 is 2.10 bits per heavy atom. The van der Waals surface area contributed by atoms with E-state index in [0.717, 1.165) is 13.2 Å². The van der Waals surface area contributed by atoms with Crippen molar-refractivity contribution in [2.75, 3.05) is 12.4 Å². The van der Waals surface area contributed by atoms with Gasteiger partial charge in [-0.25, -0.2) is 9.59 Å². The van der Waals surface area contributed by atoms with Crippen molar-refractivity contribution < 1.29 is 46.7 Å². The van der Waals surface area contributed by atoms with Crippen LogP contribution < -0.4 is 5.32 Å². The van der Waals surface area contributed by atoms with E-state index in [4.69, 9.17) is 4.84 Å². The fourth-order valence-electron chi connectivity index (χ4n) is 2.40. The maximum Gasteiger partial charge on any atom is 0.471 e. The Morgan fingerprint density at radius 1 is 1.03 bits per heavy atom. The zero-order valence-electron chi connectivity index (χ0n) is 14.7. The molecular weight excluding hydrogens is 433 g/mol. The van der Waals surface area contributed by atoms with Crippen molar-refractivity contribution >= 4 is 46.7 Å². The molecule has 1 aliphatic heterocycles. The summed E-state index contributed by atoms with van der Waals surface area (Å²) in [6.45, 7) is 0. The number of hydrogen-bond acceptors (Lipinski definition) is 8. The highest BCUT2D eigenvalue weighted by atomic mass is 32.1. The van der Waals surface area contributed by atoms with Crippen molar-refractivity contribution in [3.05, 3.63) is 51.2 Å². The van der Waals surface area contributed by atoms with Crippen LogP contribution in [0.3, 0.4) is 0 Å².